The van der Waals surface area contributed by atoms with Gasteiger partial charge in [-0.15, -0.1) is 0 Å². The van der Waals surface area contributed by atoms with Crippen LogP contribution in [0.25, 0.3) is 0 Å². The minimum Gasteiger partial charge on any atom is -0.458 e. The van der Waals surface area contributed by atoms with E-state index in [4.69, 9.17) is 21.9 Å². The van der Waals surface area contributed by atoms with Crippen LogP contribution in [0.3, 0.4) is 0 Å². The number of esters is 1. The van der Waals surface area contributed by atoms with Gasteiger partial charge in [0.1, 0.15) is 66.5 Å². The highest BCUT2D eigenvalue weighted by Gasteiger charge is 2.43. The first kappa shape index (κ1) is 79.2. The summed E-state index contributed by atoms with van der Waals surface area (Å²) in [6.45, 7) is 13.0. The summed E-state index contributed by atoms with van der Waals surface area (Å²) in [5, 5.41) is 50.2. The van der Waals surface area contributed by atoms with Crippen molar-refractivity contribution in [3.8, 4) is 0 Å². The molecule has 19 N–H and O–H groups in total. The molecule has 1 saturated heterocycles. The molecule has 16 atom stereocenters. The third kappa shape index (κ3) is 25.1. The second-order valence-corrected chi connectivity index (χ2v) is 24.6. The van der Waals surface area contributed by atoms with Crippen molar-refractivity contribution in [1.82, 2.24) is 58.5 Å². The summed E-state index contributed by atoms with van der Waals surface area (Å²) in [6, 6.07) is -6.29. The van der Waals surface area contributed by atoms with Crippen molar-refractivity contribution in [2.75, 3.05) is 26.8 Å². The maximum atomic E-state index is 14.5. The number of carbonyl (C=O) groups is 12. The zero-order valence-electron chi connectivity index (χ0n) is 55.6. The van der Waals surface area contributed by atoms with E-state index in [0.717, 1.165) is 24.8 Å². The average molecular weight is 1310 g/mol. The number of amides is 11. The van der Waals surface area contributed by atoms with Crippen molar-refractivity contribution in [3.05, 3.63) is 35.9 Å². The van der Waals surface area contributed by atoms with Crippen LogP contribution in [0.4, 0.5) is 0 Å². The first-order valence-electron chi connectivity index (χ1n) is 32.6. The maximum Gasteiger partial charge on any atom is 0.329 e. The molecule has 30 heteroatoms. The van der Waals surface area contributed by atoms with Crippen molar-refractivity contribution in [3.63, 3.8) is 0 Å². The third-order valence-electron chi connectivity index (χ3n) is 17.7. The highest BCUT2D eigenvalue weighted by atomic mass is 16.5. The van der Waals surface area contributed by atoms with E-state index >= 15 is 0 Å². The Bertz CT molecular complexity index is 2700. The van der Waals surface area contributed by atoms with Crippen molar-refractivity contribution in [2.45, 2.75) is 225 Å². The number of primary amides is 1. The number of cyclic esters (lactones) is 1. The second kappa shape index (κ2) is 40.2. The lowest BCUT2D eigenvalue weighted by Crippen LogP contribution is -2.63. The number of hydrogen-bond acceptors (Lipinski definition) is 17. The fraction of sp³-hybridized carbons (Fsp3) is 0.698. The number of aliphatic imine (C=N–C) groups is 1. The molecule has 1 aromatic rings. The summed E-state index contributed by atoms with van der Waals surface area (Å²) < 4.78 is 5.85. The van der Waals surface area contributed by atoms with Crippen LogP contribution in [0.2, 0.25) is 0 Å². The molecular formula is C63H105N15O15. The number of likely N-dealkylation sites (N-methyl/N-ethyl adjacent to an activating group) is 1. The fourth-order valence-electron chi connectivity index (χ4n) is 10.8. The molecule has 0 spiro atoms. The van der Waals surface area contributed by atoms with Crippen LogP contribution in [0.5, 0.6) is 0 Å². The van der Waals surface area contributed by atoms with Crippen LogP contribution in [-0.4, -0.2) is 186 Å². The third-order valence-corrected chi connectivity index (χ3v) is 17.7. The number of hydrogen-bond donors (Lipinski definition) is 16. The van der Waals surface area contributed by atoms with Crippen LogP contribution in [-0.2, 0) is 68.7 Å². The number of nitrogens with zero attached hydrogens (tertiary/aromatic N) is 1. The lowest BCUT2D eigenvalue weighted by Gasteiger charge is -2.33. The molecular weight excluding hydrogens is 1210 g/mol. The number of rotatable bonds is 35. The van der Waals surface area contributed by atoms with Gasteiger partial charge < -0.3 is 90.6 Å². The zero-order chi connectivity index (χ0) is 69.6. The molecule has 0 aromatic heterocycles. The first-order valence-corrected chi connectivity index (χ1v) is 32.6. The SMILES string of the molecule is CC[C@H](C)[C@H](NC(=O)[C@@H](Cc1ccccc1)NC)C(=O)N[C@@H](CO)C(=O)N[C@H](CCC(N)=O)C(=O)N[C@@H](C(=O)N[C@H](C(=O)N[C@@H](CO)C(=O)N[C@H]1C(=O)N[C@@H](CCCN=C(N)N)C(=O)N[C@@H](C2CCCCC2)C(=O)N[C@@H]([C@@H](C)CC)C(=O)O[C@H]1C)[C@@H](C)CC)[C@@H](C)CC. The number of benzene rings is 1. The number of nitrogens with two attached hydrogens (primary N) is 3. The van der Waals surface area contributed by atoms with Crippen LogP contribution >= 0.6 is 0 Å². The van der Waals surface area contributed by atoms with Gasteiger partial charge in [-0.3, -0.25) is 57.7 Å². The lowest BCUT2D eigenvalue weighted by molar-refractivity contribution is -0.157. The van der Waals surface area contributed by atoms with E-state index in [1.54, 1.807) is 62.4 Å². The average Bonchev–Trinajstić information content (AvgIpc) is 2.01. The largest absolute Gasteiger partial charge is 0.458 e. The van der Waals surface area contributed by atoms with E-state index in [2.05, 4.69) is 63.5 Å². The van der Waals surface area contributed by atoms with Gasteiger partial charge >= 0.3 is 5.97 Å². The van der Waals surface area contributed by atoms with Gasteiger partial charge in [-0.1, -0.05) is 131 Å². The minimum atomic E-state index is -1.84. The van der Waals surface area contributed by atoms with Crippen molar-refractivity contribution in [1.29, 1.82) is 0 Å². The molecule has 3 rings (SSSR count). The monoisotopic (exact) mass is 1310 g/mol. The summed E-state index contributed by atoms with van der Waals surface area (Å²) in [7, 11) is 1.60. The van der Waals surface area contributed by atoms with Gasteiger partial charge in [0.2, 0.25) is 65.0 Å². The number of carbonyl (C=O) groups excluding carboxylic acids is 12. The van der Waals surface area contributed by atoms with Crippen LogP contribution < -0.4 is 75.7 Å². The smallest absolute Gasteiger partial charge is 0.329 e. The summed E-state index contributed by atoms with van der Waals surface area (Å²) >= 11 is 0. The second-order valence-electron chi connectivity index (χ2n) is 24.6. The zero-order valence-corrected chi connectivity index (χ0v) is 55.6. The summed E-state index contributed by atoms with van der Waals surface area (Å²) in [5.41, 5.74) is 17.4. The molecule has 0 radical (unpaired) electrons. The summed E-state index contributed by atoms with van der Waals surface area (Å²) in [4.78, 5) is 172. The van der Waals surface area contributed by atoms with Gasteiger partial charge in [-0.25, -0.2) is 4.79 Å². The van der Waals surface area contributed by atoms with E-state index in [0.29, 0.717) is 32.1 Å². The molecule has 2 fully saturated rings. The van der Waals surface area contributed by atoms with E-state index < -0.39 is 193 Å². The van der Waals surface area contributed by atoms with Gasteiger partial charge in [0.15, 0.2) is 5.96 Å². The van der Waals surface area contributed by atoms with E-state index in [1.807, 2.05) is 30.3 Å². The Morgan fingerprint density at radius 1 is 0.613 bits per heavy atom. The topological polar surface area (TPSA) is 477 Å². The Morgan fingerprint density at radius 2 is 1.11 bits per heavy atom. The predicted octanol–water partition coefficient (Wildman–Crippen LogP) is -2.32. The molecule has 1 aromatic carbocycles. The fourth-order valence-corrected chi connectivity index (χ4v) is 10.8. The van der Waals surface area contributed by atoms with Crippen LogP contribution in [0.15, 0.2) is 35.3 Å². The standard InChI is InChI=1S/C63H105N15O15/c1-11-33(5)46(74-54(84)42(67-10)30-38-22-17-15-18-23-38)57(87)71-43(31-79)55(85)69-41(27-28-45(64)81)53(83)73-48(35(7)13-3)59(89)75-47(34(6)12-2)58(88)72-44(32-80)56(86)77-50-37(9)93-62(92)49(36(8)14-4)76-61(91)51(39-24-19-16-20-25-39)78-52(82)40(70-60(50)90)26-21-29-68-63(65)66/h15,17-18,22-23,33-37,39-44,46-51,67,79-80H,11-14,16,19-21,24-32H2,1-10H3,(H2,64,81)(H,69,85)(H,70,90)(H,71,87)(H,72,88)(H,73,83)(H,74,84)(H,75,89)(H,76,91)(H,77,86)(H,78,82)(H4,65,66,68)/t33-,34-,35-,36-,37-,40-,41+,42+,43-,44-,46-,47-,48+,49-,50+,51-/m0/s1. The van der Waals surface area contributed by atoms with Gasteiger partial charge in [0.05, 0.1) is 19.3 Å². The molecule has 0 unspecified atom stereocenters. The number of aliphatic hydroxyl groups is 2. The normalized spacial score (nSPS) is 21.7. The first-order chi connectivity index (χ1) is 44.1. The number of nitrogens with one attached hydrogen (secondary N) is 11. The quantitative estimate of drug-likeness (QED) is 0.0147. The molecule has 522 valence electrons. The summed E-state index contributed by atoms with van der Waals surface area (Å²) in [6.07, 6.45) is 3.09. The molecule has 2 aliphatic rings. The van der Waals surface area contributed by atoms with E-state index in [9.17, 15) is 67.7 Å². The van der Waals surface area contributed by atoms with Crippen LogP contribution in [0, 0.1) is 29.6 Å². The minimum absolute atomic E-state index is 0.0519. The van der Waals surface area contributed by atoms with E-state index in [-0.39, 0.29) is 44.1 Å². The van der Waals surface area contributed by atoms with Gasteiger partial charge in [0.25, 0.3) is 0 Å². The van der Waals surface area contributed by atoms with Crippen molar-refractivity contribution >= 4 is 76.9 Å². The van der Waals surface area contributed by atoms with Gasteiger partial charge in [-0.05, 0) is 87.6 Å². The molecule has 93 heavy (non-hydrogen) atoms. The van der Waals surface area contributed by atoms with Gasteiger partial charge in [-0.2, -0.15) is 0 Å². The lowest BCUT2D eigenvalue weighted by atomic mass is 9.83. The molecule has 1 aliphatic carbocycles. The summed E-state index contributed by atoms with van der Waals surface area (Å²) in [5.74, 6) is -13.5. The Morgan fingerprint density at radius 3 is 1.60 bits per heavy atom. The highest BCUT2D eigenvalue weighted by molar-refractivity contribution is 6.00. The molecule has 0 bridgehead atoms. The number of aliphatic hydroxyl groups excluding tert-OH is 2. The van der Waals surface area contributed by atoms with E-state index in [1.165, 1.54) is 6.92 Å². The predicted molar refractivity (Wildman–Crippen MR) is 345 cm³/mol. The van der Waals surface area contributed by atoms with Crippen molar-refractivity contribution in [2.24, 2.45) is 51.8 Å². The Labute approximate surface area is 545 Å². The maximum absolute atomic E-state index is 14.5. The molecule has 11 amide bonds. The van der Waals surface area contributed by atoms with Gasteiger partial charge in [0, 0.05) is 13.0 Å². The Balaban J connectivity index is 1.91. The highest BCUT2D eigenvalue weighted by Crippen LogP contribution is 2.28. The molecule has 1 aliphatic heterocycles. The number of guanidine groups is 1. The Hall–Kier alpha value is -7.99. The number of ether oxygens (including phenoxy) is 1. The Kier molecular flexibility index (Phi) is 34.3. The molecule has 30 nitrogen and oxygen atoms in total. The van der Waals surface area contributed by atoms with Crippen LogP contribution in [0.1, 0.15) is 151 Å². The molecule has 1 heterocycles. The molecule has 1 saturated carbocycles. The van der Waals surface area contributed by atoms with Crippen molar-refractivity contribution < 1.29 is 72.5 Å².